The number of rotatable bonds is 5. The lowest BCUT2D eigenvalue weighted by atomic mass is 10.2. The van der Waals surface area contributed by atoms with Gasteiger partial charge in [-0.05, 0) is 24.1 Å². The van der Waals surface area contributed by atoms with Crippen molar-refractivity contribution in [3.05, 3.63) is 35.6 Å². The van der Waals surface area contributed by atoms with Crippen molar-refractivity contribution in [2.45, 2.75) is 25.9 Å². The number of carboxylic acid groups (broad SMARTS) is 1. The van der Waals surface area contributed by atoms with Crippen LogP contribution in [0, 0.1) is 5.82 Å². The highest BCUT2D eigenvalue weighted by molar-refractivity contribution is 5.82. The summed E-state index contributed by atoms with van der Waals surface area (Å²) in [6.45, 7) is 1.96. The third kappa shape index (κ3) is 4.57. The summed E-state index contributed by atoms with van der Waals surface area (Å²) < 4.78 is 12.7. The second-order valence-corrected chi connectivity index (χ2v) is 4.23. The number of amides is 2. The lowest BCUT2D eigenvalue weighted by Crippen LogP contribution is -2.46. The number of hydrogen-bond donors (Lipinski definition) is 2. The lowest BCUT2D eigenvalue weighted by molar-refractivity contribution is -0.139. The minimum absolute atomic E-state index is 0.280. The molecule has 5 nitrogen and oxygen atoms in total. The molecule has 2 amide bonds. The summed E-state index contributed by atoms with van der Waals surface area (Å²) in [4.78, 5) is 23.9. The van der Waals surface area contributed by atoms with Gasteiger partial charge in [0.1, 0.15) is 11.9 Å². The first kappa shape index (κ1) is 14.9. The van der Waals surface area contributed by atoms with Crippen LogP contribution in [-0.4, -0.2) is 35.1 Å². The average molecular weight is 268 g/mol. The van der Waals surface area contributed by atoms with Gasteiger partial charge in [-0.25, -0.2) is 14.0 Å². The van der Waals surface area contributed by atoms with Crippen molar-refractivity contribution in [3.8, 4) is 0 Å². The second-order valence-electron chi connectivity index (χ2n) is 4.23. The topological polar surface area (TPSA) is 69.6 Å². The van der Waals surface area contributed by atoms with Crippen LogP contribution in [0.2, 0.25) is 0 Å². The molecule has 0 heterocycles. The van der Waals surface area contributed by atoms with Gasteiger partial charge in [0.2, 0.25) is 0 Å². The summed E-state index contributed by atoms with van der Waals surface area (Å²) in [5.74, 6) is -1.40. The molecule has 2 N–H and O–H groups in total. The van der Waals surface area contributed by atoms with Gasteiger partial charge >= 0.3 is 12.0 Å². The Morgan fingerprint density at radius 3 is 2.42 bits per heavy atom. The predicted octanol–water partition coefficient (Wildman–Crippen LogP) is 1.83. The molecule has 0 aromatic heterocycles. The molecule has 0 aliphatic heterocycles. The number of carbonyl (C=O) groups is 2. The number of urea groups is 1. The fourth-order valence-corrected chi connectivity index (χ4v) is 1.53. The Hall–Kier alpha value is -2.11. The highest BCUT2D eigenvalue weighted by atomic mass is 19.1. The minimum Gasteiger partial charge on any atom is -0.480 e. The van der Waals surface area contributed by atoms with Crippen LogP contribution >= 0.6 is 0 Å². The standard InChI is InChI=1S/C13H17FN2O3/c1-3-11(12(17)18)15-13(19)16(2)8-9-4-6-10(14)7-5-9/h4-7,11H,3,8H2,1-2H3,(H,15,19)(H,17,18)/t11-/m1/s1. The number of carbonyl (C=O) groups excluding carboxylic acids is 1. The van der Waals surface area contributed by atoms with Gasteiger partial charge in [-0.2, -0.15) is 0 Å². The van der Waals surface area contributed by atoms with Gasteiger partial charge in [0.25, 0.3) is 0 Å². The molecule has 0 saturated carbocycles. The maximum Gasteiger partial charge on any atom is 0.326 e. The fourth-order valence-electron chi connectivity index (χ4n) is 1.53. The van der Waals surface area contributed by atoms with E-state index in [1.807, 2.05) is 0 Å². The minimum atomic E-state index is -1.06. The van der Waals surface area contributed by atoms with Crippen molar-refractivity contribution in [2.75, 3.05) is 7.05 Å². The van der Waals surface area contributed by atoms with Crippen LogP contribution in [0.4, 0.5) is 9.18 Å². The smallest absolute Gasteiger partial charge is 0.326 e. The zero-order valence-corrected chi connectivity index (χ0v) is 10.9. The Kier molecular flexibility index (Phi) is 5.29. The molecule has 0 aliphatic rings. The van der Waals surface area contributed by atoms with E-state index < -0.39 is 18.0 Å². The van der Waals surface area contributed by atoms with Gasteiger partial charge in [0.05, 0.1) is 0 Å². The predicted molar refractivity (Wildman–Crippen MR) is 68.1 cm³/mol. The number of benzene rings is 1. The van der Waals surface area contributed by atoms with E-state index in [0.717, 1.165) is 5.56 Å². The van der Waals surface area contributed by atoms with Gasteiger partial charge < -0.3 is 15.3 Å². The summed E-state index contributed by atoms with van der Waals surface area (Å²) in [7, 11) is 1.55. The van der Waals surface area contributed by atoms with E-state index in [1.165, 1.54) is 17.0 Å². The normalized spacial score (nSPS) is 11.7. The molecule has 1 aromatic rings. The van der Waals surface area contributed by atoms with Crippen LogP contribution in [-0.2, 0) is 11.3 Å². The van der Waals surface area contributed by atoms with Crippen LogP contribution in [0.1, 0.15) is 18.9 Å². The number of aliphatic carboxylic acids is 1. The molecule has 0 bridgehead atoms. The van der Waals surface area contributed by atoms with Crippen LogP contribution < -0.4 is 5.32 Å². The van der Waals surface area contributed by atoms with E-state index in [0.29, 0.717) is 6.42 Å². The van der Waals surface area contributed by atoms with E-state index in [2.05, 4.69) is 5.32 Å². The van der Waals surface area contributed by atoms with Gasteiger partial charge in [0, 0.05) is 13.6 Å². The second kappa shape index (κ2) is 6.72. The number of hydrogen-bond acceptors (Lipinski definition) is 2. The summed E-state index contributed by atoms with van der Waals surface area (Å²) in [6.07, 6.45) is 0.311. The van der Waals surface area contributed by atoms with Crippen molar-refractivity contribution in [2.24, 2.45) is 0 Å². The maximum absolute atomic E-state index is 12.7. The van der Waals surface area contributed by atoms with Crippen LogP contribution in [0.5, 0.6) is 0 Å². The summed E-state index contributed by atoms with van der Waals surface area (Å²) in [5.41, 5.74) is 0.766. The highest BCUT2D eigenvalue weighted by Crippen LogP contribution is 2.06. The van der Waals surface area contributed by atoms with Crippen LogP contribution in [0.15, 0.2) is 24.3 Å². The Bertz CT molecular complexity index is 448. The molecule has 104 valence electrons. The quantitative estimate of drug-likeness (QED) is 0.856. The Morgan fingerprint density at radius 1 is 1.37 bits per heavy atom. The van der Waals surface area contributed by atoms with Crippen molar-refractivity contribution in [1.82, 2.24) is 10.2 Å². The molecule has 0 saturated heterocycles. The molecule has 0 aliphatic carbocycles. The molecule has 0 radical (unpaired) electrons. The van der Waals surface area contributed by atoms with Crippen molar-refractivity contribution >= 4 is 12.0 Å². The van der Waals surface area contributed by atoms with Gasteiger partial charge in [-0.1, -0.05) is 19.1 Å². The number of carboxylic acids is 1. The average Bonchev–Trinajstić information content (AvgIpc) is 2.37. The van der Waals surface area contributed by atoms with Gasteiger partial charge in [-0.3, -0.25) is 0 Å². The first-order valence-electron chi connectivity index (χ1n) is 5.93. The molecule has 19 heavy (non-hydrogen) atoms. The third-order valence-corrected chi connectivity index (χ3v) is 2.68. The van der Waals surface area contributed by atoms with E-state index in [9.17, 15) is 14.0 Å². The molecular weight excluding hydrogens is 251 g/mol. The molecule has 6 heteroatoms. The largest absolute Gasteiger partial charge is 0.480 e. The summed E-state index contributed by atoms with van der Waals surface area (Å²) >= 11 is 0. The number of nitrogens with zero attached hydrogens (tertiary/aromatic N) is 1. The third-order valence-electron chi connectivity index (χ3n) is 2.68. The summed E-state index contributed by atoms with van der Waals surface area (Å²) in [5, 5.41) is 11.3. The first-order chi connectivity index (χ1) is 8.93. The van der Waals surface area contributed by atoms with E-state index >= 15 is 0 Å². The van der Waals surface area contributed by atoms with Crippen molar-refractivity contribution in [3.63, 3.8) is 0 Å². The van der Waals surface area contributed by atoms with Gasteiger partial charge in [0.15, 0.2) is 0 Å². The molecule has 0 spiro atoms. The lowest BCUT2D eigenvalue weighted by Gasteiger charge is -2.20. The molecule has 1 rings (SSSR count). The van der Waals surface area contributed by atoms with E-state index in [-0.39, 0.29) is 12.4 Å². The number of nitrogens with one attached hydrogen (secondary N) is 1. The SMILES string of the molecule is CC[C@@H](NC(=O)N(C)Cc1ccc(F)cc1)C(=O)O. The maximum atomic E-state index is 12.7. The van der Waals surface area contributed by atoms with Gasteiger partial charge in [-0.15, -0.1) is 0 Å². The zero-order chi connectivity index (χ0) is 14.4. The molecule has 1 atom stereocenters. The highest BCUT2D eigenvalue weighted by Gasteiger charge is 2.19. The van der Waals surface area contributed by atoms with Crippen LogP contribution in [0.3, 0.4) is 0 Å². The molecule has 0 unspecified atom stereocenters. The molecule has 1 aromatic carbocycles. The van der Waals surface area contributed by atoms with E-state index in [1.54, 1.807) is 26.1 Å². The Balaban J connectivity index is 2.57. The molecule has 0 fully saturated rings. The van der Waals surface area contributed by atoms with Crippen LogP contribution in [0.25, 0.3) is 0 Å². The first-order valence-corrected chi connectivity index (χ1v) is 5.93. The monoisotopic (exact) mass is 268 g/mol. The number of halogens is 1. The van der Waals surface area contributed by atoms with Crippen molar-refractivity contribution < 1.29 is 19.1 Å². The summed E-state index contributed by atoms with van der Waals surface area (Å²) in [6, 6.07) is 4.41. The Morgan fingerprint density at radius 2 is 1.95 bits per heavy atom. The molecular formula is C13H17FN2O3. The van der Waals surface area contributed by atoms with E-state index in [4.69, 9.17) is 5.11 Å². The zero-order valence-electron chi connectivity index (χ0n) is 10.9. The van der Waals surface area contributed by atoms with Crippen molar-refractivity contribution in [1.29, 1.82) is 0 Å². The fraction of sp³-hybridized carbons (Fsp3) is 0.385. The Labute approximate surface area is 111 Å².